The molecule has 0 radical (unpaired) electrons. The standard InChI is InChI=1S/C22H24ClN3OS/c1-25(14-16-9-11-17(23)12-10-16)21(27)15-26-13-5-4-7-19(26)22-24-18-6-2-3-8-20(18)28-22/h2-3,6,8-12,19H,4-5,7,13-15H2,1H3/p+1/t19-/m0/s1. The Labute approximate surface area is 174 Å². The van der Waals surface area contributed by atoms with Crippen LogP contribution in [0.5, 0.6) is 0 Å². The highest BCUT2D eigenvalue weighted by atomic mass is 35.5. The van der Waals surface area contributed by atoms with E-state index in [-0.39, 0.29) is 5.91 Å². The van der Waals surface area contributed by atoms with E-state index in [4.69, 9.17) is 16.6 Å². The number of nitrogens with zero attached hydrogens (tertiary/aromatic N) is 2. The SMILES string of the molecule is CN(Cc1ccc(Cl)cc1)C(=O)C[NH+]1CCCC[C@H]1c1nc2ccccc2s1. The monoisotopic (exact) mass is 414 g/mol. The van der Waals surface area contributed by atoms with Crippen molar-refractivity contribution in [3.63, 3.8) is 0 Å². The maximum absolute atomic E-state index is 12.9. The number of fused-ring (bicyclic) bond motifs is 1. The minimum atomic E-state index is 0.179. The summed E-state index contributed by atoms with van der Waals surface area (Å²) in [5.41, 5.74) is 2.16. The van der Waals surface area contributed by atoms with Crippen LogP contribution in [-0.2, 0) is 11.3 Å². The van der Waals surface area contributed by atoms with Gasteiger partial charge >= 0.3 is 0 Å². The molecular formula is C22H25ClN3OS+. The molecule has 4 nitrogen and oxygen atoms in total. The third kappa shape index (κ3) is 4.37. The first-order valence-electron chi connectivity index (χ1n) is 9.78. The third-order valence-corrected chi connectivity index (χ3v) is 6.88. The Balaban J connectivity index is 1.45. The number of quaternary nitrogens is 1. The van der Waals surface area contributed by atoms with Crippen molar-refractivity contribution in [2.24, 2.45) is 0 Å². The van der Waals surface area contributed by atoms with Crippen molar-refractivity contribution in [2.45, 2.75) is 31.8 Å². The highest BCUT2D eigenvalue weighted by molar-refractivity contribution is 7.18. The smallest absolute Gasteiger partial charge is 0.277 e. The van der Waals surface area contributed by atoms with E-state index in [1.165, 1.54) is 27.4 Å². The topological polar surface area (TPSA) is 37.6 Å². The Morgan fingerprint density at radius 3 is 2.79 bits per heavy atom. The largest absolute Gasteiger partial charge is 0.337 e. The van der Waals surface area contributed by atoms with Gasteiger partial charge in [-0.3, -0.25) is 4.79 Å². The predicted octanol–water partition coefficient (Wildman–Crippen LogP) is 3.72. The Morgan fingerprint density at radius 1 is 1.21 bits per heavy atom. The summed E-state index contributed by atoms with van der Waals surface area (Å²) in [4.78, 5) is 20.9. The van der Waals surface area contributed by atoms with Crippen molar-refractivity contribution in [2.75, 3.05) is 20.1 Å². The number of aromatic nitrogens is 1. The number of hydrogen-bond donors (Lipinski definition) is 1. The van der Waals surface area contributed by atoms with Crippen LogP contribution in [0.2, 0.25) is 5.02 Å². The molecule has 1 aromatic heterocycles. The minimum absolute atomic E-state index is 0.179. The molecule has 1 aliphatic heterocycles. The molecule has 6 heteroatoms. The van der Waals surface area contributed by atoms with Crippen LogP contribution in [0, 0.1) is 0 Å². The number of para-hydroxylation sites is 1. The third-order valence-electron chi connectivity index (χ3n) is 5.48. The van der Waals surface area contributed by atoms with E-state index in [0.29, 0.717) is 24.2 Å². The fourth-order valence-electron chi connectivity index (χ4n) is 3.91. The number of carbonyl (C=O) groups is 1. The fraction of sp³-hybridized carbons (Fsp3) is 0.364. The summed E-state index contributed by atoms with van der Waals surface area (Å²) in [6.07, 6.45) is 3.48. The molecule has 1 fully saturated rings. The van der Waals surface area contributed by atoms with Crippen molar-refractivity contribution in [1.82, 2.24) is 9.88 Å². The van der Waals surface area contributed by atoms with Crippen LogP contribution in [0.25, 0.3) is 10.2 Å². The fourth-order valence-corrected chi connectivity index (χ4v) is 5.20. The summed E-state index contributed by atoms with van der Waals surface area (Å²) < 4.78 is 1.23. The van der Waals surface area contributed by atoms with Crippen LogP contribution in [0.4, 0.5) is 0 Å². The van der Waals surface area contributed by atoms with Gasteiger partial charge in [0.2, 0.25) is 0 Å². The highest BCUT2D eigenvalue weighted by Gasteiger charge is 2.32. The van der Waals surface area contributed by atoms with Crippen LogP contribution in [-0.4, -0.2) is 35.9 Å². The molecule has 1 aliphatic rings. The molecule has 1 N–H and O–H groups in total. The predicted molar refractivity (Wildman–Crippen MR) is 115 cm³/mol. The average Bonchev–Trinajstić information content (AvgIpc) is 3.14. The van der Waals surface area contributed by atoms with Gasteiger partial charge in [-0.2, -0.15) is 0 Å². The zero-order valence-corrected chi connectivity index (χ0v) is 17.6. The van der Waals surface area contributed by atoms with Gasteiger partial charge in [0.15, 0.2) is 11.6 Å². The molecule has 1 amide bonds. The first-order chi connectivity index (χ1) is 13.6. The summed E-state index contributed by atoms with van der Waals surface area (Å²) in [6, 6.07) is 16.3. The first-order valence-corrected chi connectivity index (χ1v) is 11.0. The number of benzene rings is 2. The van der Waals surface area contributed by atoms with E-state index in [9.17, 15) is 4.79 Å². The molecule has 28 heavy (non-hydrogen) atoms. The molecule has 1 unspecified atom stereocenters. The maximum Gasteiger partial charge on any atom is 0.277 e. The van der Waals surface area contributed by atoms with E-state index < -0.39 is 0 Å². The molecule has 4 rings (SSSR count). The Hall–Kier alpha value is -1.95. The number of amides is 1. The second-order valence-corrected chi connectivity index (χ2v) is 9.03. The molecular weight excluding hydrogens is 390 g/mol. The molecule has 0 aliphatic carbocycles. The van der Waals surface area contributed by atoms with Crippen LogP contribution in [0.3, 0.4) is 0 Å². The van der Waals surface area contributed by atoms with Crippen LogP contribution >= 0.6 is 22.9 Å². The van der Waals surface area contributed by atoms with E-state index in [1.807, 2.05) is 42.3 Å². The number of thiazole rings is 1. The zero-order valence-electron chi connectivity index (χ0n) is 16.0. The summed E-state index contributed by atoms with van der Waals surface area (Å²) in [5, 5.41) is 1.89. The molecule has 1 saturated heterocycles. The van der Waals surface area contributed by atoms with Gasteiger partial charge < -0.3 is 9.80 Å². The Morgan fingerprint density at radius 2 is 2.00 bits per heavy atom. The number of halogens is 1. The lowest BCUT2D eigenvalue weighted by Crippen LogP contribution is -3.14. The lowest BCUT2D eigenvalue weighted by molar-refractivity contribution is -0.929. The number of likely N-dealkylation sites (tertiary alicyclic amines) is 1. The normalized spacial score (nSPS) is 19.6. The van der Waals surface area contributed by atoms with Gasteiger partial charge in [0, 0.05) is 25.0 Å². The number of carbonyl (C=O) groups excluding carboxylic acids is 1. The lowest BCUT2D eigenvalue weighted by Gasteiger charge is -2.32. The van der Waals surface area contributed by atoms with Gasteiger partial charge in [0.25, 0.3) is 5.91 Å². The average molecular weight is 415 g/mol. The van der Waals surface area contributed by atoms with Crippen molar-refractivity contribution in [1.29, 1.82) is 0 Å². The second-order valence-electron chi connectivity index (χ2n) is 7.53. The second kappa shape index (κ2) is 8.60. The van der Waals surface area contributed by atoms with Crippen molar-refractivity contribution >= 4 is 39.1 Å². The van der Waals surface area contributed by atoms with Gasteiger partial charge in [-0.1, -0.05) is 35.9 Å². The quantitative estimate of drug-likeness (QED) is 0.690. The van der Waals surface area contributed by atoms with E-state index >= 15 is 0 Å². The number of rotatable bonds is 5. The van der Waals surface area contributed by atoms with Gasteiger partial charge in [-0.05, 0) is 42.7 Å². The van der Waals surface area contributed by atoms with E-state index in [1.54, 1.807) is 11.3 Å². The molecule has 0 spiro atoms. The Bertz CT molecular complexity index is 923. The van der Waals surface area contributed by atoms with Crippen molar-refractivity contribution < 1.29 is 9.69 Å². The van der Waals surface area contributed by atoms with E-state index in [2.05, 4.69) is 18.2 Å². The van der Waals surface area contributed by atoms with Crippen LogP contribution in [0.15, 0.2) is 48.5 Å². The van der Waals surface area contributed by atoms with Gasteiger partial charge in [0.1, 0.15) is 6.04 Å². The molecule has 2 atom stereocenters. The number of likely N-dealkylation sites (N-methyl/N-ethyl adjacent to an activating group) is 1. The van der Waals surface area contributed by atoms with Gasteiger partial charge in [-0.25, -0.2) is 4.98 Å². The van der Waals surface area contributed by atoms with Crippen molar-refractivity contribution in [3.05, 3.63) is 64.1 Å². The van der Waals surface area contributed by atoms with Crippen LogP contribution < -0.4 is 4.90 Å². The molecule has 3 aromatic rings. The van der Waals surface area contributed by atoms with Gasteiger partial charge in [0.05, 0.1) is 16.8 Å². The Kier molecular flexibility index (Phi) is 5.95. The summed E-state index contributed by atoms with van der Waals surface area (Å²) in [7, 11) is 1.88. The molecule has 2 aromatic carbocycles. The molecule has 2 heterocycles. The summed E-state index contributed by atoms with van der Waals surface area (Å²) >= 11 is 7.73. The molecule has 0 bridgehead atoms. The maximum atomic E-state index is 12.9. The minimum Gasteiger partial charge on any atom is -0.337 e. The summed E-state index contributed by atoms with van der Waals surface area (Å²) in [6.45, 7) is 2.15. The van der Waals surface area contributed by atoms with Crippen molar-refractivity contribution in [3.8, 4) is 0 Å². The number of nitrogens with one attached hydrogen (secondary N) is 1. The highest BCUT2D eigenvalue weighted by Crippen LogP contribution is 2.28. The molecule has 0 saturated carbocycles. The molecule has 146 valence electrons. The number of hydrogen-bond acceptors (Lipinski definition) is 3. The number of piperidine rings is 1. The van der Waals surface area contributed by atoms with Crippen LogP contribution in [0.1, 0.15) is 35.9 Å². The van der Waals surface area contributed by atoms with E-state index in [0.717, 1.165) is 24.0 Å². The van der Waals surface area contributed by atoms with Gasteiger partial charge in [-0.15, -0.1) is 11.3 Å². The summed E-state index contributed by atoms with van der Waals surface area (Å²) in [5.74, 6) is 0.179. The lowest BCUT2D eigenvalue weighted by atomic mass is 10.0. The zero-order chi connectivity index (χ0) is 19.5. The first kappa shape index (κ1) is 19.4.